The molecule has 1 aliphatic carbocycles. The third kappa shape index (κ3) is 3.53. The van der Waals surface area contributed by atoms with E-state index >= 15 is 0 Å². The van der Waals surface area contributed by atoms with Crippen LogP contribution >= 0.6 is 12.2 Å². The maximum absolute atomic E-state index is 12.0. The van der Waals surface area contributed by atoms with Crippen molar-refractivity contribution < 1.29 is 4.79 Å². The molecular weight excluding hydrogens is 256 g/mol. The molecular formula is C15H20N2OS. The summed E-state index contributed by atoms with van der Waals surface area (Å²) in [6, 6.07) is 6.00. The van der Waals surface area contributed by atoms with Crippen LogP contribution in [0.5, 0.6) is 0 Å². The predicted octanol–water partition coefficient (Wildman–Crippen LogP) is 3.31. The second-order valence-corrected chi connectivity index (χ2v) is 5.58. The highest BCUT2D eigenvalue weighted by molar-refractivity contribution is 7.80. The van der Waals surface area contributed by atoms with E-state index in [1.165, 1.54) is 5.56 Å². The van der Waals surface area contributed by atoms with E-state index in [0.717, 1.165) is 36.9 Å². The molecule has 1 saturated carbocycles. The largest absolute Gasteiger partial charge is 0.332 e. The van der Waals surface area contributed by atoms with E-state index in [2.05, 4.69) is 23.6 Å². The van der Waals surface area contributed by atoms with Gasteiger partial charge in [0.05, 0.1) is 0 Å². The fourth-order valence-electron chi connectivity index (χ4n) is 2.44. The number of carbonyl (C=O) groups is 1. The Hall–Kier alpha value is -1.42. The molecule has 1 aromatic rings. The molecule has 0 aliphatic heterocycles. The van der Waals surface area contributed by atoms with Gasteiger partial charge in [0, 0.05) is 11.6 Å². The molecule has 1 aliphatic rings. The zero-order chi connectivity index (χ0) is 13.8. The van der Waals surface area contributed by atoms with Gasteiger partial charge in [0.25, 0.3) is 0 Å². The topological polar surface area (TPSA) is 41.1 Å². The lowest BCUT2D eigenvalue weighted by atomic mass is 10.1. The van der Waals surface area contributed by atoms with E-state index in [4.69, 9.17) is 12.2 Å². The molecule has 0 saturated heterocycles. The molecule has 0 unspecified atom stereocenters. The van der Waals surface area contributed by atoms with Crippen molar-refractivity contribution >= 4 is 28.9 Å². The molecule has 1 fully saturated rings. The van der Waals surface area contributed by atoms with Gasteiger partial charge < -0.3 is 10.6 Å². The Morgan fingerprint density at radius 2 is 1.95 bits per heavy atom. The lowest BCUT2D eigenvalue weighted by Crippen LogP contribution is -2.37. The molecule has 3 nitrogen and oxygen atoms in total. The third-order valence-corrected chi connectivity index (χ3v) is 4.02. The minimum absolute atomic E-state index is 0.0558. The Labute approximate surface area is 119 Å². The monoisotopic (exact) mass is 276 g/mol. The summed E-state index contributed by atoms with van der Waals surface area (Å²) in [7, 11) is 0. The minimum Gasteiger partial charge on any atom is -0.332 e. The number of carbonyl (C=O) groups excluding carboxylic acids is 1. The molecule has 0 bridgehead atoms. The number of hydrogen-bond donors (Lipinski definition) is 2. The molecule has 2 rings (SSSR count). The van der Waals surface area contributed by atoms with Crippen LogP contribution in [0.25, 0.3) is 0 Å². The molecule has 1 amide bonds. The standard InChI is InChI=1S/C15H20N2OS/c1-10-6-5-9-13(11(10)2)16-15(19)17-14(18)12-7-3-4-8-12/h5-6,9,12H,3-4,7-8H2,1-2H3,(H2,16,17,18,19). The van der Waals surface area contributed by atoms with E-state index in [0.29, 0.717) is 5.11 Å². The summed E-state index contributed by atoms with van der Waals surface area (Å²) in [6.07, 6.45) is 4.26. The highest BCUT2D eigenvalue weighted by atomic mass is 32.1. The number of hydrogen-bond acceptors (Lipinski definition) is 2. The maximum atomic E-state index is 12.0. The van der Waals surface area contributed by atoms with Crippen LogP contribution in [-0.4, -0.2) is 11.0 Å². The van der Waals surface area contributed by atoms with E-state index in [1.54, 1.807) is 0 Å². The van der Waals surface area contributed by atoms with Crippen molar-refractivity contribution in [2.45, 2.75) is 39.5 Å². The number of rotatable bonds is 2. The van der Waals surface area contributed by atoms with Crippen molar-refractivity contribution in [3.05, 3.63) is 29.3 Å². The molecule has 0 aromatic heterocycles. The van der Waals surface area contributed by atoms with Crippen molar-refractivity contribution in [3.63, 3.8) is 0 Å². The van der Waals surface area contributed by atoms with Gasteiger partial charge in [0.2, 0.25) is 5.91 Å². The van der Waals surface area contributed by atoms with Crippen LogP contribution in [0, 0.1) is 19.8 Å². The molecule has 2 N–H and O–H groups in total. The van der Waals surface area contributed by atoms with Gasteiger partial charge in [0.1, 0.15) is 0 Å². The average Bonchev–Trinajstić information content (AvgIpc) is 2.88. The number of aryl methyl sites for hydroxylation is 1. The first-order valence-corrected chi connectivity index (χ1v) is 7.17. The molecule has 4 heteroatoms. The van der Waals surface area contributed by atoms with Crippen LogP contribution in [-0.2, 0) is 4.79 Å². The lowest BCUT2D eigenvalue weighted by molar-refractivity contribution is -0.123. The summed E-state index contributed by atoms with van der Waals surface area (Å²) in [5, 5.41) is 6.30. The molecule has 1 aromatic carbocycles. The van der Waals surface area contributed by atoms with E-state index in [1.807, 2.05) is 19.1 Å². The summed E-state index contributed by atoms with van der Waals surface area (Å²) in [6.45, 7) is 4.10. The van der Waals surface area contributed by atoms with Gasteiger partial charge in [-0.25, -0.2) is 0 Å². The maximum Gasteiger partial charge on any atom is 0.229 e. The summed E-state index contributed by atoms with van der Waals surface area (Å²) in [5.74, 6) is 0.193. The number of thiocarbonyl (C=S) groups is 1. The Balaban J connectivity index is 1.93. The molecule has 102 valence electrons. The van der Waals surface area contributed by atoms with Gasteiger partial charge in [-0.05, 0) is 56.1 Å². The van der Waals surface area contributed by atoms with E-state index in [9.17, 15) is 4.79 Å². The Kier molecular flexibility index (Phi) is 4.53. The summed E-state index contributed by atoms with van der Waals surface area (Å²) in [5.41, 5.74) is 3.31. The van der Waals surface area contributed by atoms with Crippen molar-refractivity contribution in [2.75, 3.05) is 5.32 Å². The van der Waals surface area contributed by atoms with Gasteiger partial charge in [-0.15, -0.1) is 0 Å². The van der Waals surface area contributed by atoms with Gasteiger partial charge in [-0.3, -0.25) is 4.79 Å². The Bertz CT molecular complexity index is 493. The first-order valence-electron chi connectivity index (χ1n) is 6.76. The van der Waals surface area contributed by atoms with Crippen LogP contribution in [0.2, 0.25) is 0 Å². The Morgan fingerprint density at radius 3 is 2.63 bits per heavy atom. The summed E-state index contributed by atoms with van der Waals surface area (Å²) < 4.78 is 0. The molecule has 19 heavy (non-hydrogen) atoms. The third-order valence-electron chi connectivity index (χ3n) is 3.82. The number of amides is 1. The highest BCUT2D eigenvalue weighted by Gasteiger charge is 2.23. The zero-order valence-electron chi connectivity index (χ0n) is 11.5. The second kappa shape index (κ2) is 6.15. The lowest BCUT2D eigenvalue weighted by Gasteiger charge is -2.15. The first kappa shape index (κ1) is 14.0. The van der Waals surface area contributed by atoms with Gasteiger partial charge in [-0.1, -0.05) is 25.0 Å². The van der Waals surface area contributed by atoms with Gasteiger partial charge in [-0.2, -0.15) is 0 Å². The summed E-state index contributed by atoms with van der Waals surface area (Å²) >= 11 is 5.21. The van der Waals surface area contributed by atoms with E-state index in [-0.39, 0.29) is 11.8 Å². The minimum atomic E-state index is 0.0558. The molecule has 0 radical (unpaired) electrons. The highest BCUT2D eigenvalue weighted by Crippen LogP contribution is 2.24. The van der Waals surface area contributed by atoms with Crippen LogP contribution in [0.3, 0.4) is 0 Å². The second-order valence-electron chi connectivity index (χ2n) is 5.17. The normalized spacial score (nSPS) is 15.3. The van der Waals surface area contributed by atoms with Crippen molar-refractivity contribution in [1.29, 1.82) is 0 Å². The average molecular weight is 276 g/mol. The quantitative estimate of drug-likeness (QED) is 0.814. The predicted molar refractivity (Wildman–Crippen MR) is 82.2 cm³/mol. The SMILES string of the molecule is Cc1cccc(NC(=S)NC(=O)C2CCCC2)c1C. The molecule has 0 heterocycles. The molecule has 0 spiro atoms. The smallest absolute Gasteiger partial charge is 0.229 e. The van der Waals surface area contributed by atoms with E-state index < -0.39 is 0 Å². The number of nitrogens with one attached hydrogen (secondary N) is 2. The Morgan fingerprint density at radius 1 is 1.26 bits per heavy atom. The molecule has 0 atom stereocenters. The van der Waals surface area contributed by atoms with Gasteiger partial charge in [0.15, 0.2) is 5.11 Å². The van der Waals surface area contributed by atoms with Crippen molar-refractivity contribution in [2.24, 2.45) is 5.92 Å². The van der Waals surface area contributed by atoms with Crippen LogP contribution < -0.4 is 10.6 Å². The van der Waals surface area contributed by atoms with Crippen LogP contribution in [0.15, 0.2) is 18.2 Å². The summed E-state index contributed by atoms with van der Waals surface area (Å²) in [4.78, 5) is 12.0. The fraction of sp³-hybridized carbons (Fsp3) is 0.467. The van der Waals surface area contributed by atoms with Crippen molar-refractivity contribution in [3.8, 4) is 0 Å². The first-order chi connectivity index (χ1) is 9.08. The zero-order valence-corrected chi connectivity index (χ0v) is 12.3. The number of benzene rings is 1. The van der Waals surface area contributed by atoms with Gasteiger partial charge >= 0.3 is 0 Å². The fourth-order valence-corrected chi connectivity index (χ4v) is 2.65. The van der Waals surface area contributed by atoms with Crippen LogP contribution in [0.4, 0.5) is 5.69 Å². The number of anilines is 1. The van der Waals surface area contributed by atoms with Crippen molar-refractivity contribution in [1.82, 2.24) is 5.32 Å². The van der Waals surface area contributed by atoms with Crippen LogP contribution in [0.1, 0.15) is 36.8 Å².